The quantitative estimate of drug-likeness (QED) is 0.351. The molecule has 0 radical (unpaired) electrons. The number of nitrogens with one attached hydrogen (secondary N) is 1. The van der Waals surface area contributed by atoms with E-state index in [2.05, 4.69) is 21.2 Å². The minimum atomic E-state index is -4.25. The molecule has 0 aliphatic rings. The first-order chi connectivity index (χ1) is 17.5. The minimum absolute atomic E-state index is 0.0108. The standard InChI is InChI=1S/C26H26BrClFN3O4S/c1-3-30-26(34)18(2)31(16-19-8-7-9-20(27)14-19)25(33)17-32(21-12-13-24(29)23(28)15-21)37(35,36)22-10-5-4-6-11-22/h4-15,18H,3,16-17H2,1-2H3,(H,30,34)/t18-/m0/s1. The summed E-state index contributed by atoms with van der Waals surface area (Å²) in [6.45, 7) is 3.12. The van der Waals surface area contributed by atoms with E-state index in [1.54, 1.807) is 44.2 Å². The van der Waals surface area contributed by atoms with E-state index in [1.165, 1.54) is 23.1 Å². The van der Waals surface area contributed by atoms with Crippen LogP contribution in [0.3, 0.4) is 0 Å². The summed E-state index contributed by atoms with van der Waals surface area (Å²) < 4.78 is 42.8. The van der Waals surface area contributed by atoms with E-state index in [9.17, 15) is 22.4 Å². The van der Waals surface area contributed by atoms with Crippen LogP contribution in [0.4, 0.5) is 10.1 Å². The predicted octanol–water partition coefficient (Wildman–Crippen LogP) is 4.99. The lowest BCUT2D eigenvalue weighted by molar-refractivity contribution is -0.139. The monoisotopic (exact) mass is 609 g/mol. The summed E-state index contributed by atoms with van der Waals surface area (Å²) in [4.78, 5) is 27.7. The molecular formula is C26H26BrClFN3O4S. The summed E-state index contributed by atoms with van der Waals surface area (Å²) in [7, 11) is -4.25. The predicted molar refractivity (Wildman–Crippen MR) is 145 cm³/mol. The number of likely N-dealkylation sites (N-methyl/N-ethyl adjacent to an activating group) is 1. The SMILES string of the molecule is CCNC(=O)[C@H](C)N(Cc1cccc(Br)c1)C(=O)CN(c1ccc(F)c(Cl)c1)S(=O)(=O)c1ccccc1. The van der Waals surface area contributed by atoms with Crippen LogP contribution in [0.15, 0.2) is 82.2 Å². The molecule has 1 N–H and O–H groups in total. The van der Waals surface area contributed by atoms with E-state index in [4.69, 9.17) is 11.6 Å². The lowest BCUT2D eigenvalue weighted by Crippen LogP contribution is -2.51. The first-order valence-electron chi connectivity index (χ1n) is 11.4. The highest BCUT2D eigenvalue weighted by molar-refractivity contribution is 9.10. The van der Waals surface area contributed by atoms with E-state index in [0.29, 0.717) is 6.54 Å². The summed E-state index contributed by atoms with van der Waals surface area (Å²) in [6.07, 6.45) is 0. The Morgan fingerprint density at radius 3 is 2.38 bits per heavy atom. The van der Waals surface area contributed by atoms with Gasteiger partial charge in [-0.2, -0.15) is 0 Å². The van der Waals surface area contributed by atoms with Crippen molar-refractivity contribution in [1.82, 2.24) is 10.2 Å². The molecule has 3 aromatic rings. The van der Waals surface area contributed by atoms with Gasteiger partial charge < -0.3 is 10.2 Å². The van der Waals surface area contributed by atoms with Crippen LogP contribution in [-0.2, 0) is 26.2 Å². The number of benzene rings is 3. The molecule has 196 valence electrons. The third-order valence-electron chi connectivity index (χ3n) is 5.56. The molecule has 7 nitrogen and oxygen atoms in total. The number of nitrogens with zero attached hydrogens (tertiary/aromatic N) is 2. The molecule has 1 atom stereocenters. The van der Waals surface area contributed by atoms with Gasteiger partial charge in [0.1, 0.15) is 18.4 Å². The van der Waals surface area contributed by atoms with Crippen molar-refractivity contribution in [2.45, 2.75) is 31.3 Å². The van der Waals surface area contributed by atoms with Gasteiger partial charge in [0.25, 0.3) is 10.0 Å². The number of carbonyl (C=O) groups is 2. The second-order valence-corrected chi connectivity index (χ2v) is 11.3. The van der Waals surface area contributed by atoms with Gasteiger partial charge in [0, 0.05) is 17.6 Å². The minimum Gasteiger partial charge on any atom is -0.355 e. The van der Waals surface area contributed by atoms with Crippen molar-refractivity contribution < 1.29 is 22.4 Å². The highest BCUT2D eigenvalue weighted by atomic mass is 79.9. The first-order valence-corrected chi connectivity index (χ1v) is 14.0. The van der Waals surface area contributed by atoms with Gasteiger partial charge in [-0.3, -0.25) is 13.9 Å². The fourth-order valence-electron chi connectivity index (χ4n) is 3.63. The van der Waals surface area contributed by atoms with Crippen LogP contribution in [0.2, 0.25) is 5.02 Å². The zero-order chi connectivity index (χ0) is 27.2. The lowest BCUT2D eigenvalue weighted by atomic mass is 10.1. The highest BCUT2D eigenvalue weighted by Crippen LogP contribution is 2.28. The molecule has 0 fully saturated rings. The summed E-state index contributed by atoms with van der Waals surface area (Å²) >= 11 is 9.35. The molecule has 0 saturated heterocycles. The second-order valence-electron chi connectivity index (χ2n) is 8.15. The molecule has 2 amide bonds. The number of amides is 2. The Balaban J connectivity index is 2.04. The summed E-state index contributed by atoms with van der Waals surface area (Å²) in [5.74, 6) is -1.73. The van der Waals surface area contributed by atoms with Crippen LogP contribution in [0.25, 0.3) is 0 Å². The molecular weight excluding hydrogens is 585 g/mol. The largest absolute Gasteiger partial charge is 0.355 e. The Kier molecular flexibility index (Phi) is 9.69. The van der Waals surface area contributed by atoms with E-state index in [-0.39, 0.29) is 28.1 Å². The van der Waals surface area contributed by atoms with Crippen molar-refractivity contribution in [2.75, 3.05) is 17.4 Å². The Morgan fingerprint density at radius 1 is 1.05 bits per heavy atom. The summed E-state index contributed by atoms with van der Waals surface area (Å²) in [5, 5.41) is 2.41. The molecule has 37 heavy (non-hydrogen) atoms. The molecule has 0 aliphatic carbocycles. The average Bonchev–Trinajstić information content (AvgIpc) is 2.87. The lowest BCUT2D eigenvalue weighted by Gasteiger charge is -2.32. The number of rotatable bonds is 10. The molecule has 0 spiro atoms. The van der Waals surface area contributed by atoms with Gasteiger partial charge in [-0.05, 0) is 61.9 Å². The second kappa shape index (κ2) is 12.5. The van der Waals surface area contributed by atoms with Gasteiger partial charge in [-0.15, -0.1) is 0 Å². The fraction of sp³-hybridized carbons (Fsp3) is 0.231. The van der Waals surface area contributed by atoms with E-state index >= 15 is 0 Å². The van der Waals surface area contributed by atoms with Gasteiger partial charge in [0.15, 0.2) is 0 Å². The number of halogens is 3. The third kappa shape index (κ3) is 7.09. The van der Waals surface area contributed by atoms with Crippen molar-refractivity contribution in [3.63, 3.8) is 0 Å². The molecule has 3 aromatic carbocycles. The van der Waals surface area contributed by atoms with Crippen LogP contribution >= 0.6 is 27.5 Å². The number of anilines is 1. The van der Waals surface area contributed by atoms with Gasteiger partial charge in [-0.1, -0.05) is 57.9 Å². The molecule has 3 rings (SSSR count). The molecule has 0 aliphatic heterocycles. The molecule has 0 saturated carbocycles. The third-order valence-corrected chi connectivity index (χ3v) is 8.13. The van der Waals surface area contributed by atoms with Crippen molar-refractivity contribution >= 4 is 55.1 Å². The summed E-state index contributed by atoms with van der Waals surface area (Å²) in [6, 6.07) is 17.3. The van der Waals surface area contributed by atoms with Crippen LogP contribution in [0.1, 0.15) is 19.4 Å². The highest BCUT2D eigenvalue weighted by Gasteiger charge is 2.32. The van der Waals surface area contributed by atoms with Crippen LogP contribution < -0.4 is 9.62 Å². The maximum atomic E-state index is 13.9. The number of sulfonamides is 1. The van der Waals surface area contributed by atoms with Crippen LogP contribution in [0.5, 0.6) is 0 Å². The Morgan fingerprint density at radius 2 is 1.76 bits per heavy atom. The maximum Gasteiger partial charge on any atom is 0.264 e. The Bertz CT molecular complexity index is 1380. The van der Waals surface area contributed by atoms with Gasteiger partial charge >= 0.3 is 0 Å². The van der Waals surface area contributed by atoms with Crippen LogP contribution in [0, 0.1) is 5.82 Å². The normalized spacial score (nSPS) is 12.0. The number of carbonyl (C=O) groups excluding carboxylic acids is 2. The van der Waals surface area contributed by atoms with E-state index in [0.717, 1.165) is 26.5 Å². The molecule has 0 aromatic heterocycles. The van der Waals surface area contributed by atoms with Crippen LogP contribution in [-0.4, -0.2) is 44.3 Å². The van der Waals surface area contributed by atoms with Crippen molar-refractivity contribution in [1.29, 1.82) is 0 Å². The smallest absolute Gasteiger partial charge is 0.264 e. The van der Waals surface area contributed by atoms with Crippen molar-refractivity contribution in [3.8, 4) is 0 Å². The van der Waals surface area contributed by atoms with E-state index < -0.39 is 34.3 Å². The molecule has 11 heteroatoms. The Hall–Kier alpha value is -2.95. The van der Waals surface area contributed by atoms with Gasteiger partial charge in [0.05, 0.1) is 15.6 Å². The zero-order valence-electron chi connectivity index (χ0n) is 20.2. The molecule has 0 unspecified atom stereocenters. The maximum absolute atomic E-state index is 13.9. The Labute approximate surface area is 229 Å². The molecule has 0 heterocycles. The number of hydrogen-bond donors (Lipinski definition) is 1. The van der Waals surface area contributed by atoms with Gasteiger partial charge in [0.2, 0.25) is 11.8 Å². The first kappa shape index (κ1) is 28.6. The topological polar surface area (TPSA) is 86.8 Å². The van der Waals surface area contributed by atoms with Crippen molar-refractivity contribution in [2.24, 2.45) is 0 Å². The zero-order valence-corrected chi connectivity index (χ0v) is 23.4. The molecule has 0 bridgehead atoms. The fourth-order valence-corrected chi connectivity index (χ4v) is 5.67. The number of hydrogen-bond acceptors (Lipinski definition) is 4. The van der Waals surface area contributed by atoms with Crippen molar-refractivity contribution in [3.05, 3.63) is 93.7 Å². The average molecular weight is 611 g/mol. The van der Waals surface area contributed by atoms with E-state index in [1.807, 2.05) is 12.1 Å². The summed E-state index contributed by atoms with van der Waals surface area (Å²) in [5.41, 5.74) is 0.748. The van der Waals surface area contributed by atoms with Gasteiger partial charge in [-0.25, -0.2) is 12.8 Å².